The van der Waals surface area contributed by atoms with E-state index < -0.39 is 10.0 Å². The van der Waals surface area contributed by atoms with Gasteiger partial charge in [-0.1, -0.05) is 29.8 Å². The fourth-order valence-corrected chi connectivity index (χ4v) is 3.60. The Bertz CT molecular complexity index is 680. The second-order valence-corrected chi connectivity index (χ2v) is 8.10. The Morgan fingerprint density at radius 3 is 2.61 bits per heavy atom. The van der Waals surface area contributed by atoms with Crippen LogP contribution in [-0.4, -0.2) is 44.5 Å². The van der Waals surface area contributed by atoms with Gasteiger partial charge in [0.05, 0.1) is 6.26 Å². The fourth-order valence-electron chi connectivity index (χ4n) is 2.52. The van der Waals surface area contributed by atoms with Crippen molar-refractivity contribution >= 4 is 33.6 Å². The largest absolute Gasteiger partial charge is 0.352 e. The van der Waals surface area contributed by atoms with Crippen molar-refractivity contribution < 1.29 is 13.2 Å². The van der Waals surface area contributed by atoms with Crippen LogP contribution in [0.15, 0.2) is 30.3 Å². The standard InChI is InChI=1S/C16H21ClN2O3S/c1-23(21,22)19-10-8-13(9-11-19)12-18-16(20)7-6-14-4-2-3-5-15(14)17/h2-7,13H,8-12H2,1H3,(H,18,20)/b7-6+. The molecular weight excluding hydrogens is 336 g/mol. The first kappa shape index (κ1) is 18.0. The second kappa shape index (κ2) is 7.95. The minimum atomic E-state index is -3.10. The quantitative estimate of drug-likeness (QED) is 0.822. The lowest BCUT2D eigenvalue weighted by Crippen LogP contribution is -2.40. The number of rotatable bonds is 5. The van der Waals surface area contributed by atoms with E-state index in [0.29, 0.717) is 30.6 Å². The summed E-state index contributed by atoms with van der Waals surface area (Å²) in [5.74, 6) is 0.140. The molecule has 0 aromatic heterocycles. The first-order chi connectivity index (χ1) is 10.9. The lowest BCUT2D eigenvalue weighted by Gasteiger charge is -2.30. The Labute approximate surface area is 142 Å². The van der Waals surface area contributed by atoms with Crippen molar-refractivity contribution in [3.8, 4) is 0 Å². The van der Waals surface area contributed by atoms with Gasteiger partial charge in [0.15, 0.2) is 0 Å². The summed E-state index contributed by atoms with van der Waals surface area (Å²) in [4.78, 5) is 11.8. The molecule has 1 aliphatic rings. The molecule has 23 heavy (non-hydrogen) atoms. The summed E-state index contributed by atoms with van der Waals surface area (Å²) >= 11 is 6.02. The third-order valence-electron chi connectivity index (χ3n) is 3.93. The Balaban J connectivity index is 1.77. The zero-order chi connectivity index (χ0) is 16.9. The van der Waals surface area contributed by atoms with Gasteiger partial charge in [-0.3, -0.25) is 4.79 Å². The molecule has 2 rings (SSSR count). The van der Waals surface area contributed by atoms with Gasteiger partial charge in [0.1, 0.15) is 0 Å². The van der Waals surface area contributed by atoms with Gasteiger partial charge in [-0.15, -0.1) is 0 Å². The topological polar surface area (TPSA) is 66.5 Å². The zero-order valence-corrected chi connectivity index (χ0v) is 14.6. The van der Waals surface area contributed by atoms with E-state index in [1.54, 1.807) is 12.1 Å². The Hall–Kier alpha value is -1.37. The predicted octanol–water partition coefficient (Wildman–Crippen LogP) is 2.14. The van der Waals surface area contributed by atoms with Crippen LogP contribution >= 0.6 is 11.6 Å². The van der Waals surface area contributed by atoms with Gasteiger partial charge in [0.2, 0.25) is 15.9 Å². The maximum Gasteiger partial charge on any atom is 0.244 e. The van der Waals surface area contributed by atoms with E-state index in [1.165, 1.54) is 16.6 Å². The summed E-state index contributed by atoms with van der Waals surface area (Å²) in [5.41, 5.74) is 0.797. The molecule has 0 atom stereocenters. The molecule has 1 fully saturated rings. The van der Waals surface area contributed by atoms with Crippen molar-refractivity contribution in [1.29, 1.82) is 0 Å². The average Bonchev–Trinajstić information content (AvgIpc) is 2.51. The maximum absolute atomic E-state index is 11.8. The van der Waals surface area contributed by atoms with E-state index in [1.807, 2.05) is 18.2 Å². The van der Waals surface area contributed by atoms with Crippen LogP contribution in [0.4, 0.5) is 0 Å². The lowest BCUT2D eigenvalue weighted by atomic mass is 9.98. The summed E-state index contributed by atoms with van der Waals surface area (Å²) in [5, 5.41) is 3.46. The monoisotopic (exact) mass is 356 g/mol. The van der Waals surface area contributed by atoms with Crippen LogP contribution in [0.25, 0.3) is 6.08 Å². The SMILES string of the molecule is CS(=O)(=O)N1CCC(CNC(=O)/C=C/c2ccccc2Cl)CC1. The molecule has 0 aliphatic carbocycles. The molecule has 1 aliphatic heterocycles. The molecule has 126 valence electrons. The normalized spacial score (nSPS) is 17.5. The van der Waals surface area contributed by atoms with E-state index in [0.717, 1.165) is 18.4 Å². The molecule has 0 radical (unpaired) electrons. The number of carbonyl (C=O) groups excluding carboxylic acids is 1. The molecule has 0 bridgehead atoms. The van der Waals surface area contributed by atoms with Gasteiger partial charge in [-0.2, -0.15) is 0 Å². The number of piperidine rings is 1. The molecule has 1 amide bonds. The number of benzene rings is 1. The Morgan fingerprint density at radius 2 is 2.00 bits per heavy atom. The van der Waals surface area contributed by atoms with Gasteiger partial charge < -0.3 is 5.32 Å². The fraction of sp³-hybridized carbons (Fsp3) is 0.438. The number of amides is 1. The highest BCUT2D eigenvalue weighted by Gasteiger charge is 2.24. The van der Waals surface area contributed by atoms with Crippen molar-refractivity contribution in [3.63, 3.8) is 0 Å². The number of nitrogens with one attached hydrogen (secondary N) is 1. The van der Waals surface area contributed by atoms with E-state index in [-0.39, 0.29) is 5.91 Å². The minimum absolute atomic E-state index is 0.171. The minimum Gasteiger partial charge on any atom is -0.352 e. The van der Waals surface area contributed by atoms with Crippen molar-refractivity contribution in [2.75, 3.05) is 25.9 Å². The number of hydrogen-bond acceptors (Lipinski definition) is 3. The molecule has 1 aromatic rings. The Morgan fingerprint density at radius 1 is 1.35 bits per heavy atom. The first-order valence-corrected chi connectivity index (χ1v) is 9.74. The zero-order valence-electron chi connectivity index (χ0n) is 13.0. The van der Waals surface area contributed by atoms with Gasteiger partial charge in [0.25, 0.3) is 0 Å². The Kier molecular flexibility index (Phi) is 6.21. The van der Waals surface area contributed by atoms with E-state index in [4.69, 9.17) is 11.6 Å². The third-order valence-corrected chi connectivity index (χ3v) is 5.57. The number of carbonyl (C=O) groups is 1. The molecule has 7 heteroatoms. The smallest absolute Gasteiger partial charge is 0.244 e. The van der Waals surface area contributed by atoms with Crippen LogP contribution in [0.3, 0.4) is 0 Å². The summed E-state index contributed by atoms with van der Waals surface area (Å²) in [6, 6.07) is 7.31. The van der Waals surface area contributed by atoms with Crippen LogP contribution in [-0.2, 0) is 14.8 Å². The van der Waals surface area contributed by atoms with E-state index in [2.05, 4.69) is 5.32 Å². The number of nitrogens with zero attached hydrogens (tertiary/aromatic N) is 1. The van der Waals surface area contributed by atoms with Crippen molar-refractivity contribution in [1.82, 2.24) is 9.62 Å². The van der Waals surface area contributed by atoms with Gasteiger partial charge >= 0.3 is 0 Å². The number of hydrogen-bond donors (Lipinski definition) is 1. The van der Waals surface area contributed by atoms with Crippen molar-refractivity contribution in [2.24, 2.45) is 5.92 Å². The summed E-state index contributed by atoms with van der Waals surface area (Å²) < 4.78 is 24.4. The molecule has 0 saturated carbocycles. The summed E-state index contributed by atoms with van der Waals surface area (Å²) in [7, 11) is -3.10. The first-order valence-electron chi connectivity index (χ1n) is 7.52. The number of halogens is 1. The van der Waals surface area contributed by atoms with Gasteiger partial charge in [-0.05, 0) is 36.5 Å². The molecule has 5 nitrogen and oxygen atoms in total. The van der Waals surface area contributed by atoms with Gasteiger partial charge in [0, 0.05) is 30.7 Å². The molecule has 1 saturated heterocycles. The molecule has 0 spiro atoms. The summed E-state index contributed by atoms with van der Waals surface area (Å²) in [6.45, 7) is 1.60. The maximum atomic E-state index is 11.8. The van der Waals surface area contributed by atoms with Crippen molar-refractivity contribution in [3.05, 3.63) is 40.9 Å². The molecular formula is C16H21ClN2O3S. The number of sulfonamides is 1. The predicted molar refractivity (Wildman–Crippen MR) is 92.6 cm³/mol. The third kappa shape index (κ3) is 5.64. The van der Waals surface area contributed by atoms with Crippen LogP contribution in [0.5, 0.6) is 0 Å². The van der Waals surface area contributed by atoms with Crippen LogP contribution in [0.2, 0.25) is 5.02 Å². The van der Waals surface area contributed by atoms with Crippen LogP contribution in [0, 0.1) is 5.92 Å². The van der Waals surface area contributed by atoms with Crippen molar-refractivity contribution in [2.45, 2.75) is 12.8 Å². The highest BCUT2D eigenvalue weighted by Crippen LogP contribution is 2.18. The average molecular weight is 357 g/mol. The van der Waals surface area contributed by atoms with Gasteiger partial charge in [-0.25, -0.2) is 12.7 Å². The summed E-state index contributed by atoms with van der Waals surface area (Å²) in [6.07, 6.45) is 5.91. The molecule has 1 aromatic carbocycles. The molecule has 1 heterocycles. The highest BCUT2D eigenvalue weighted by atomic mass is 35.5. The highest BCUT2D eigenvalue weighted by molar-refractivity contribution is 7.88. The van der Waals surface area contributed by atoms with Crippen LogP contribution < -0.4 is 5.32 Å². The van der Waals surface area contributed by atoms with Crippen LogP contribution in [0.1, 0.15) is 18.4 Å². The molecule has 1 N–H and O–H groups in total. The van der Waals surface area contributed by atoms with E-state index >= 15 is 0 Å². The lowest BCUT2D eigenvalue weighted by molar-refractivity contribution is -0.116. The molecule has 0 unspecified atom stereocenters. The van der Waals surface area contributed by atoms with E-state index in [9.17, 15) is 13.2 Å². The second-order valence-electron chi connectivity index (χ2n) is 5.71.